The van der Waals surface area contributed by atoms with Crippen molar-refractivity contribution in [3.05, 3.63) is 0 Å². The number of esters is 2. The molecule has 0 amide bonds. The molecule has 8 atom stereocenters. The minimum atomic E-state index is -0.777. The van der Waals surface area contributed by atoms with Gasteiger partial charge in [0, 0.05) is 37.0 Å². The third kappa shape index (κ3) is 33.0. The van der Waals surface area contributed by atoms with Crippen LogP contribution in [-0.2, 0) is 43.1 Å². The van der Waals surface area contributed by atoms with Crippen molar-refractivity contribution in [2.45, 2.75) is 297 Å². The molecule has 0 spiro atoms. The quantitative estimate of drug-likeness (QED) is 0.0213. The van der Waals surface area contributed by atoms with Crippen LogP contribution in [0.25, 0.3) is 0 Å². The molecular formula is C65H113NO12. The van der Waals surface area contributed by atoms with Crippen LogP contribution in [0, 0.1) is 60.2 Å². The first kappa shape index (κ1) is 74.1. The molecule has 0 radical (unpaired) electrons. The number of cyclic esters (lactones) is 2. The standard InChI is InChI=1S/3C16H28O3.C8H10O3.C7H17N.C2H2/c3*1-2-3-4-5-6-7-12-15(17)13-10-8-9-11-14(13)16(18)19;9-7-5-3-1-2-4-6(5)8(10)11-7;1-2-3-4-5-6-7-8;1-2/h3*13-14H,2-12H2,1H3,(H,18,19);5-6H,1-4H2;2-8H2,1H3;1-2H/t3*13-,14+;5-,6+;;/m110.../s1. The summed E-state index contributed by atoms with van der Waals surface area (Å²) in [6.07, 6.45) is 51.5. The molecule has 78 heavy (non-hydrogen) atoms. The molecule has 0 aromatic carbocycles. The number of terminal acetylenes is 1. The Morgan fingerprint density at radius 1 is 0.372 bits per heavy atom. The Bertz CT molecular complexity index is 1490. The summed E-state index contributed by atoms with van der Waals surface area (Å²) < 4.78 is 4.53. The fraction of sp³-hybridized carbons (Fsp3) is 0.846. The van der Waals surface area contributed by atoms with Crippen molar-refractivity contribution in [3.8, 4) is 12.8 Å². The topological polar surface area (TPSA) is 232 Å². The number of ketones is 3. The lowest BCUT2D eigenvalue weighted by molar-refractivity contribution is -0.154. The van der Waals surface area contributed by atoms with Crippen LogP contribution in [0.5, 0.6) is 0 Å². The van der Waals surface area contributed by atoms with Crippen molar-refractivity contribution in [2.24, 2.45) is 53.1 Å². The number of carbonyl (C=O) groups excluding carboxylic acids is 5. The van der Waals surface area contributed by atoms with Gasteiger partial charge in [0.25, 0.3) is 0 Å². The Balaban J connectivity index is 0.000000969. The van der Waals surface area contributed by atoms with Gasteiger partial charge in [-0.1, -0.05) is 201 Å². The lowest BCUT2D eigenvalue weighted by Crippen LogP contribution is -2.32. The summed E-state index contributed by atoms with van der Waals surface area (Å²) in [5.41, 5.74) is 5.31. The van der Waals surface area contributed by atoms with E-state index in [2.05, 4.69) is 45.3 Å². The van der Waals surface area contributed by atoms with Gasteiger partial charge in [-0.2, -0.15) is 0 Å². The molecule has 0 bridgehead atoms. The van der Waals surface area contributed by atoms with Crippen molar-refractivity contribution in [1.82, 2.24) is 0 Å². The van der Waals surface area contributed by atoms with Crippen LogP contribution >= 0.6 is 0 Å². The van der Waals surface area contributed by atoms with Gasteiger partial charge in [-0.3, -0.25) is 38.4 Å². The maximum atomic E-state index is 12.1. The smallest absolute Gasteiger partial charge is 0.317 e. The summed E-state index contributed by atoms with van der Waals surface area (Å²) in [5, 5.41) is 27.5. The number of fused-ring (bicyclic) bond motifs is 1. The largest absolute Gasteiger partial charge is 0.481 e. The lowest BCUT2D eigenvalue weighted by Gasteiger charge is -2.27. The van der Waals surface area contributed by atoms with Gasteiger partial charge in [0.1, 0.15) is 17.3 Å². The lowest BCUT2D eigenvalue weighted by atomic mass is 9.76. The van der Waals surface area contributed by atoms with E-state index in [-0.39, 0.29) is 58.9 Å². The molecule has 1 saturated heterocycles. The number of aliphatic carboxylic acids is 3. The van der Waals surface area contributed by atoms with E-state index in [0.717, 1.165) is 129 Å². The van der Waals surface area contributed by atoms with Crippen molar-refractivity contribution in [1.29, 1.82) is 0 Å². The number of hydrogen-bond acceptors (Lipinski definition) is 10. The van der Waals surface area contributed by atoms with Gasteiger partial charge in [-0.15, -0.1) is 12.8 Å². The van der Waals surface area contributed by atoms with E-state index in [1.165, 1.54) is 109 Å². The Morgan fingerprint density at radius 3 is 0.833 bits per heavy atom. The second-order valence-corrected chi connectivity index (χ2v) is 22.9. The normalized spacial score (nSPS) is 23.2. The summed E-state index contributed by atoms with van der Waals surface area (Å²) in [4.78, 5) is 91.9. The zero-order valence-electron chi connectivity index (χ0n) is 49.8. The third-order valence-electron chi connectivity index (χ3n) is 16.7. The van der Waals surface area contributed by atoms with Crippen LogP contribution in [0.1, 0.15) is 297 Å². The molecule has 0 aromatic rings. The molecule has 0 unspecified atom stereocenters. The van der Waals surface area contributed by atoms with E-state index in [1.807, 2.05) is 0 Å². The molecular weight excluding hydrogens is 987 g/mol. The van der Waals surface area contributed by atoms with Crippen LogP contribution in [-0.4, -0.2) is 69.1 Å². The Hall–Kier alpha value is -3.92. The molecule has 0 aromatic heterocycles. The molecule has 13 heteroatoms. The number of nitrogens with two attached hydrogens (primary N) is 1. The predicted octanol–water partition coefficient (Wildman–Crippen LogP) is 15.6. The number of hydrogen-bond donors (Lipinski definition) is 4. The third-order valence-corrected chi connectivity index (χ3v) is 16.7. The minimum Gasteiger partial charge on any atom is -0.481 e. The number of rotatable bonds is 32. The number of carboxylic acid groups (broad SMARTS) is 3. The SMILES string of the molecule is C#C.CCCCCCCCC(=O)[C@@H]1CCCC[C@@H]1C(=O)O.CCCCCCCCC(=O)[C@@H]1CCCC[C@@H]1C(=O)O.CCCCCCCCC(=O)[C@H]1CCCC[C@H]1C(=O)O.CCCCCCCN.O=C1OC(=O)[C@@H]2CCCC[C@H]12. The van der Waals surface area contributed by atoms with Gasteiger partial charge in [-0.25, -0.2) is 0 Å². The summed E-state index contributed by atoms with van der Waals surface area (Å²) >= 11 is 0. The number of carbonyl (C=O) groups is 8. The highest BCUT2D eigenvalue weighted by Gasteiger charge is 2.45. The highest BCUT2D eigenvalue weighted by Crippen LogP contribution is 2.37. The minimum absolute atomic E-state index is 0.101. The van der Waals surface area contributed by atoms with Crippen LogP contribution in [0.15, 0.2) is 0 Å². The monoisotopic (exact) mass is 1100 g/mol. The van der Waals surface area contributed by atoms with E-state index >= 15 is 0 Å². The van der Waals surface area contributed by atoms with E-state index in [9.17, 15) is 53.7 Å². The molecule has 450 valence electrons. The molecule has 4 saturated carbocycles. The first-order valence-corrected chi connectivity index (χ1v) is 31.8. The first-order valence-electron chi connectivity index (χ1n) is 31.8. The molecule has 5 aliphatic rings. The van der Waals surface area contributed by atoms with E-state index < -0.39 is 35.7 Å². The fourth-order valence-corrected chi connectivity index (χ4v) is 11.9. The Labute approximate surface area is 473 Å². The summed E-state index contributed by atoms with van der Waals surface area (Å²) in [6.45, 7) is 9.67. The highest BCUT2D eigenvalue weighted by atomic mass is 16.6. The molecule has 13 nitrogen and oxygen atoms in total. The van der Waals surface area contributed by atoms with Crippen LogP contribution in [0.4, 0.5) is 0 Å². The van der Waals surface area contributed by atoms with Crippen LogP contribution in [0.3, 0.4) is 0 Å². The molecule has 5 N–H and O–H groups in total. The van der Waals surface area contributed by atoms with Gasteiger partial charge < -0.3 is 25.8 Å². The summed E-state index contributed by atoms with van der Waals surface area (Å²) in [6, 6.07) is 0. The first-order chi connectivity index (χ1) is 37.7. The predicted molar refractivity (Wildman–Crippen MR) is 313 cm³/mol. The number of carboxylic acids is 3. The average molecular weight is 1100 g/mol. The zero-order valence-corrected chi connectivity index (χ0v) is 49.8. The molecule has 1 aliphatic heterocycles. The van der Waals surface area contributed by atoms with Crippen molar-refractivity contribution >= 4 is 47.2 Å². The van der Waals surface area contributed by atoms with Crippen LogP contribution < -0.4 is 5.73 Å². The molecule has 5 rings (SSSR count). The van der Waals surface area contributed by atoms with Gasteiger partial charge in [0.15, 0.2) is 0 Å². The maximum Gasteiger partial charge on any atom is 0.317 e. The zero-order chi connectivity index (χ0) is 58.4. The Morgan fingerprint density at radius 2 is 0.590 bits per heavy atom. The average Bonchev–Trinajstić information content (AvgIpc) is 3.75. The second-order valence-electron chi connectivity index (χ2n) is 22.9. The van der Waals surface area contributed by atoms with E-state index in [0.29, 0.717) is 38.5 Å². The maximum absolute atomic E-state index is 12.1. The van der Waals surface area contributed by atoms with E-state index in [4.69, 9.17) is 5.73 Å². The van der Waals surface area contributed by atoms with Crippen molar-refractivity contribution in [3.63, 3.8) is 0 Å². The number of unbranched alkanes of at least 4 members (excludes halogenated alkanes) is 19. The van der Waals surface area contributed by atoms with E-state index in [1.54, 1.807) is 0 Å². The van der Waals surface area contributed by atoms with Crippen molar-refractivity contribution in [2.75, 3.05) is 6.54 Å². The molecule has 4 aliphatic carbocycles. The fourth-order valence-electron chi connectivity index (χ4n) is 11.9. The van der Waals surface area contributed by atoms with Gasteiger partial charge in [-0.05, 0) is 83.6 Å². The van der Waals surface area contributed by atoms with Gasteiger partial charge >= 0.3 is 29.8 Å². The van der Waals surface area contributed by atoms with Gasteiger partial charge in [0.05, 0.1) is 29.6 Å². The van der Waals surface area contributed by atoms with Crippen molar-refractivity contribution < 1.29 is 58.4 Å². The highest BCUT2D eigenvalue weighted by molar-refractivity contribution is 5.96. The number of Topliss-reactive ketones (excluding diaryl/α,β-unsaturated/α-hetero) is 3. The molecule has 1 heterocycles. The number of ether oxygens (including phenoxy) is 1. The Kier molecular flexibility index (Phi) is 46.5. The molecule has 5 fully saturated rings. The second kappa shape index (κ2) is 48.9. The van der Waals surface area contributed by atoms with Crippen LogP contribution in [0.2, 0.25) is 0 Å². The summed E-state index contributed by atoms with van der Waals surface area (Å²) in [5.74, 6) is -4.39. The summed E-state index contributed by atoms with van der Waals surface area (Å²) in [7, 11) is 0. The van der Waals surface area contributed by atoms with Gasteiger partial charge in [0.2, 0.25) is 0 Å².